The van der Waals surface area contributed by atoms with Crippen LogP contribution in [0.5, 0.6) is 0 Å². The maximum Gasteiger partial charge on any atom is 0.254 e. The summed E-state index contributed by atoms with van der Waals surface area (Å²) < 4.78 is 27.1. The number of hydrogen-bond donors (Lipinski definition) is 1. The number of para-hydroxylation sites is 1. The number of carbonyl (C=O) groups is 1. The van der Waals surface area contributed by atoms with E-state index in [-0.39, 0.29) is 17.5 Å². The van der Waals surface area contributed by atoms with Crippen molar-refractivity contribution in [3.63, 3.8) is 0 Å². The minimum absolute atomic E-state index is 0.143. The fourth-order valence-electron chi connectivity index (χ4n) is 4.24. The summed E-state index contributed by atoms with van der Waals surface area (Å²) in [6.45, 7) is 0.492. The van der Waals surface area contributed by atoms with Gasteiger partial charge in [0.2, 0.25) is 0 Å². The second kappa shape index (κ2) is 6.85. The fraction of sp³-hybridized carbons (Fsp3) is 0.125. The Hall–Kier alpha value is -3.47. The van der Waals surface area contributed by atoms with Gasteiger partial charge in [0.25, 0.3) is 5.91 Å². The van der Waals surface area contributed by atoms with Crippen LogP contribution in [0, 0.1) is 11.6 Å². The zero-order valence-electron chi connectivity index (χ0n) is 15.5. The van der Waals surface area contributed by atoms with Crippen molar-refractivity contribution >= 4 is 16.8 Å². The summed E-state index contributed by atoms with van der Waals surface area (Å²) in [6, 6.07) is 20.8. The summed E-state index contributed by atoms with van der Waals surface area (Å²) in [5, 5.41) is 1.16. The summed E-state index contributed by atoms with van der Waals surface area (Å²) >= 11 is 0. The normalized spacial score (nSPS) is 16.1. The van der Waals surface area contributed by atoms with Gasteiger partial charge in [0, 0.05) is 28.7 Å². The van der Waals surface area contributed by atoms with E-state index in [1.807, 2.05) is 48.5 Å². The number of halogens is 2. The number of carbonyl (C=O) groups excluding carboxylic acids is 1. The van der Waals surface area contributed by atoms with Crippen LogP contribution in [0.4, 0.5) is 8.78 Å². The number of benzene rings is 3. The van der Waals surface area contributed by atoms with Crippen LogP contribution >= 0.6 is 0 Å². The molecule has 1 amide bonds. The van der Waals surface area contributed by atoms with Crippen LogP contribution in [-0.2, 0) is 6.42 Å². The van der Waals surface area contributed by atoms with Gasteiger partial charge in [-0.1, -0.05) is 48.5 Å². The second-order valence-corrected chi connectivity index (χ2v) is 7.25. The average Bonchev–Trinajstić information content (AvgIpc) is 3.14. The molecule has 0 saturated heterocycles. The Balaban J connectivity index is 1.65. The van der Waals surface area contributed by atoms with Gasteiger partial charge < -0.3 is 9.88 Å². The van der Waals surface area contributed by atoms with Crippen LogP contribution < -0.4 is 0 Å². The van der Waals surface area contributed by atoms with E-state index in [2.05, 4.69) is 11.1 Å². The van der Waals surface area contributed by atoms with Crippen LogP contribution in [0.2, 0.25) is 0 Å². The zero-order valence-corrected chi connectivity index (χ0v) is 15.5. The molecular formula is C24H18F2N2O. The Morgan fingerprint density at radius 1 is 0.931 bits per heavy atom. The van der Waals surface area contributed by atoms with Gasteiger partial charge in [-0.3, -0.25) is 4.79 Å². The molecule has 29 heavy (non-hydrogen) atoms. The minimum atomic E-state index is -1.02. The van der Waals surface area contributed by atoms with E-state index in [1.165, 1.54) is 11.6 Å². The Morgan fingerprint density at radius 3 is 2.48 bits per heavy atom. The smallest absolute Gasteiger partial charge is 0.254 e. The van der Waals surface area contributed by atoms with Crippen molar-refractivity contribution in [3.8, 4) is 0 Å². The van der Waals surface area contributed by atoms with E-state index in [0.717, 1.165) is 34.3 Å². The molecule has 0 fully saturated rings. The maximum atomic E-state index is 13.8. The summed E-state index contributed by atoms with van der Waals surface area (Å²) in [7, 11) is 0. The molecule has 3 aromatic carbocycles. The minimum Gasteiger partial charge on any atom is -0.356 e. The molecule has 0 bridgehead atoms. The second-order valence-electron chi connectivity index (χ2n) is 7.25. The SMILES string of the molecule is O=C(c1ccc(F)c(F)c1)N1CCc2c([nH]c3ccccc23)C1c1ccccc1. The molecule has 144 valence electrons. The van der Waals surface area contributed by atoms with Crippen molar-refractivity contribution in [1.29, 1.82) is 0 Å². The van der Waals surface area contributed by atoms with E-state index >= 15 is 0 Å². The monoisotopic (exact) mass is 388 g/mol. The van der Waals surface area contributed by atoms with Crippen molar-refractivity contribution in [2.24, 2.45) is 0 Å². The highest BCUT2D eigenvalue weighted by Gasteiger charge is 2.35. The highest BCUT2D eigenvalue weighted by atomic mass is 19.2. The number of rotatable bonds is 2. The quantitative estimate of drug-likeness (QED) is 0.501. The average molecular weight is 388 g/mol. The van der Waals surface area contributed by atoms with E-state index in [1.54, 1.807) is 4.90 Å². The number of H-pyrrole nitrogens is 1. The van der Waals surface area contributed by atoms with Gasteiger partial charge in [-0.2, -0.15) is 0 Å². The van der Waals surface area contributed by atoms with Crippen molar-refractivity contribution in [2.75, 3.05) is 6.54 Å². The molecule has 1 unspecified atom stereocenters. The van der Waals surface area contributed by atoms with Gasteiger partial charge in [-0.05, 0) is 41.8 Å². The summed E-state index contributed by atoms with van der Waals surface area (Å²) in [4.78, 5) is 18.5. The third-order valence-corrected chi connectivity index (χ3v) is 5.58. The Labute approximate surface area is 166 Å². The molecule has 1 aliphatic heterocycles. The Kier molecular flexibility index (Phi) is 4.16. The Bertz CT molecular complexity index is 1220. The molecule has 5 rings (SSSR count). The number of amides is 1. The molecule has 0 radical (unpaired) electrons. The lowest BCUT2D eigenvalue weighted by atomic mass is 9.91. The molecular weight excluding hydrogens is 370 g/mol. The number of aromatic nitrogens is 1. The lowest BCUT2D eigenvalue weighted by Crippen LogP contribution is -2.40. The standard InChI is InChI=1S/C24H18F2N2O/c25-19-11-10-16(14-20(19)26)24(29)28-13-12-18-17-8-4-5-9-21(17)27-22(18)23(28)15-6-2-1-3-7-15/h1-11,14,23,27H,12-13H2. The highest BCUT2D eigenvalue weighted by molar-refractivity contribution is 5.95. The lowest BCUT2D eigenvalue weighted by molar-refractivity contribution is 0.0691. The molecule has 0 saturated carbocycles. The van der Waals surface area contributed by atoms with Gasteiger partial charge in [0.05, 0.1) is 6.04 Å². The van der Waals surface area contributed by atoms with Crippen molar-refractivity contribution < 1.29 is 13.6 Å². The third-order valence-electron chi connectivity index (χ3n) is 5.58. The molecule has 4 aromatic rings. The van der Waals surface area contributed by atoms with Gasteiger partial charge in [-0.15, -0.1) is 0 Å². The van der Waals surface area contributed by atoms with Crippen LogP contribution in [0.1, 0.15) is 33.2 Å². The lowest BCUT2D eigenvalue weighted by Gasteiger charge is -2.36. The van der Waals surface area contributed by atoms with Crippen LogP contribution in [-0.4, -0.2) is 22.3 Å². The molecule has 0 aliphatic carbocycles. The predicted molar refractivity (Wildman–Crippen MR) is 108 cm³/mol. The van der Waals surface area contributed by atoms with E-state index in [0.29, 0.717) is 13.0 Å². The number of aromatic amines is 1. The Morgan fingerprint density at radius 2 is 1.69 bits per heavy atom. The first kappa shape index (κ1) is 17.6. The van der Waals surface area contributed by atoms with Crippen molar-refractivity contribution in [2.45, 2.75) is 12.5 Å². The third kappa shape index (κ3) is 2.90. The topological polar surface area (TPSA) is 36.1 Å². The predicted octanol–water partition coefficient (Wildman–Crippen LogP) is 5.23. The van der Waals surface area contributed by atoms with Crippen LogP contribution in [0.3, 0.4) is 0 Å². The maximum absolute atomic E-state index is 13.8. The first-order valence-electron chi connectivity index (χ1n) is 9.54. The van der Waals surface area contributed by atoms with E-state index in [4.69, 9.17) is 0 Å². The van der Waals surface area contributed by atoms with Gasteiger partial charge in [0.15, 0.2) is 11.6 Å². The molecule has 1 aliphatic rings. The molecule has 3 nitrogen and oxygen atoms in total. The molecule has 1 aromatic heterocycles. The van der Waals surface area contributed by atoms with Crippen molar-refractivity contribution in [1.82, 2.24) is 9.88 Å². The van der Waals surface area contributed by atoms with Crippen molar-refractivity contribution in [3.05, 3.63) is 107 Å². The highest BCUT2D eigenvalue weighted by Crippen LogP contribution is 2.39. The molecule has 1 N–H and O–H groups in total. The van der Waals surface area contributed by atoms with Crippen LogP contribution in [0.25, 0.3) is 10.9 Å². The summed E-state index contributed by atoms with van der Waals surface area (Å²) in [5.41, 5.74) is 4.31. The van der Waals surface area contributed by atoms with Gasteiger partial charge in [-0.25, -0.2) is 8.78 Å². The largest absolute Gasteiger partial charge is 0.356 e. The summed E-state index contributed by atoms with van der Waals surface area (Å²) in [5.74, 6) is -2.30. The molecule has 2 heterocycles. The first-order chi connectivity index (χ1) is 14.1. The number of hydrogen-bond acceptors (Lipinski definition) is 1. The van der Waals surface area contributed by atoms with Gasteiger partial charge >= 0.3 is 0 Å². The van der Waals surface area contributed by atoms with Gasteiger partial charge in [0.1, 0.15) is 0 Å². The summed E-state index contributed by atoms with van der Waals surface area (Å²) in [6.07, 6.45) is 0.693. The fourth-order valence-corrected chi connectivity index (χ4v) is 4.24. The number of fused-ring (bicyclic) bond motifs is 3. The number of nitrogens with zero attached hydrogens (tertiary/aromatic N) is 1. The van der Waals surface area contributed by atoms with E-state index in [9.17, 15) is 13.6 Å². The number of nitrogens with one attached hydrogen (secondary N) is 1. The molecule has 5 heteroatoms. The zero-order chi connectivity index (χ0) is 20.0. The first-order valence-corrected chi connectivity index (χ1v) is 9.54. The molecule has 0 spiro atoms. The van der Waals surface area contributed by atoms with E-state index < -0.39 is 11.6 Å². The van der Waals surface area contributed by atoms with Crippen LogP contribution in [0.15, 0.2) is 72.8 Å². The molecule has 1 atom stereocenters.